The van der Waals surface area contributed by atoms with E-state index in [0.29, 0.717) is 23.1 Å². The standard InChI is InChI=1S/C17H20N4O2S/c1-5-12-8-21-9-13(14(23-6-2)7-15(21)19-12)20-16(22)17-18-10(3)11(4)24-17/h7-9H,5-6H2,1-4H3,(H,20,22). The summed E-state index contributed by atoms with van der Waals surface area (Å²) in [5.41, 5.74) is 3.29. The number of imidazole rings is 1. The van der Waals surface area contributed by atoms with Gasteiger partial charge in [0, 0.05) is 23.3 Å². The third kappa shape index (κ3) is 3.12. The molecule has 0 aliphatic rings. The molecule has 0 saturated carbocycles. The lowest BCUT2D eigenvalue weighted by Gasteiger charge is -2.11. The van der Waals surface area contributed by atoms with E-state index in [1.807, 2.05) is 43.6 Å². The van der Waals surface area contributed by atoms with Crippen molar-refractivity contribution in [2.45, 2.75) is 34.1 Å². The van der Waals surface area contributed by atoms with Crippen LogP contribution >= 0.6 is 11.3 Å². The number of pyridine rings is 1. The summed E-state index contributed by atoms with van der Waals surface area (Å²) in [5.74, 6) is 0.379. The Morgan fingerprint density at radius 2 is 2.08 bits per heavy atom. The van der Waals surface area contributed by atoms with Gasteiger partial charge in [-0.25, -0.2) is 9.97 Å². The van der Waals surface area contributed by atoms with Crippen molar-refractivity contribution < 1.29 is 9.53 Å². The highest BCUT2D eigenvalue weighted by atomic mass is 32.1. The van der Waals surface area contributed by atoms with Crippen molar-refractivity contribution in [1.82, 2.24) is 14.4 Å². The zero-order valence-corrected chi connectivity index (χ0v) is 15.0. The molecule has 3 aromatic rings. The Bertz CT molecular complexity index is 878. The van der Waals surface area contributed by atoms with E-state index in [4.69, 9.17) is 4.74 Å². The summed E-state index contributed by atoms with van der Waals surface area (Å²) in [4.78, 5) is 22.4. The molecule has 0 saturated heterocycles. The van der Waals surface area contributed by atoms with Gasteiger partial charge in [0.1, 0.15) is 17.1 Å². The SMILES string of the molecule is CCOc1cc2nc(CC)cn2cc1NC(=O)c1nc(C)c(C)s1. The van der Waals surface area contributed by atoms with E-state index in [1.165, 1.54) is 11.3 Å². The van der Waals surface area contributed by atoms with Gasteiger partial charge in [-0.3, -0.25) is 4.79 Å². The molecule has 1 amide bonds. The topological polar surface area (TPSA) is 68.5 Å². The van der Waals surface area contributed by atoms with E-state index in [0.717, 1.165) is 28.3 Å². The van der Waals surface area contributed by atoms with Crippen molar-refractivity contribution in [1.29, 1.82) is 0 Å². The smallest absolute Gasteiger partial charge is 0.284 e. The minimum absolute atomic E-state index is 0.229. The van der Waals surface area contributed by atoms with Crippen LogP contribution in [0.5, 0.6) is 5.75 Å². The number of aromatic nitrogens is 3. The zero-order chi connectivity index (χ0) is 17.3. The van der Waals surface area contributed by atoms with Crippen LogP contribution in [0.3, 0.4) is 0 Å². The minimum Gasteiger partial charge on any atom is -0.491 e. The van der Waals surface area contributed by atoms with Gasteiger partial charge in [0.25, 0.3) is 5.91 Å². The van der Waals surface area contributed by atoms with Crippen molar-refractivity contribution in [3.8, 4) is 5.75 Å². The van der Waals surface area contributed by atoms with Gasteiger partial charge in [0.05, 0.1) is 18.0 Å². The molecule has 0 fully saturated rings. The number of carbonyl (C=O) groups excluding carboxylic acids is 1. The van der Waals surface area contributed by atoms with Crippen molar-refractivity contribution in [3.05, 3.63) is 39.7 Å². The fraction of sp³-hybridized carbons (Fsp3) is 0.353. The zero-order valence-electron chi connectivity index (χ0n) is 14.2. The molecule has 3 heterocycles. The van der Waals surface area contributed by atoms with Crippen LogP contribution in [-0.2, 0) is 6.42 Å². The first-order chi connectivity index (χ1) is 11.5. The summed E-state index contributed by atoms with van der Waals surface area (Å²) in [7, 11) is 0. The lowest BCUT2D eigenvalue weighted by Crippen LogP contribution is -2.13. The first-order valence-corrected chi connectivity index (χ1v) is 8.73. The Hall–Kier alpha value is -2.41. The highest BCUT2D eigenvalue weighted by Gasteiger charge is 2.16. The molecule has 6 nitrogen and oxygen atoms in total. The van der Waals surface area contributed by atoms with E-state index in [2.05, 4.69) is 22.2 Å². The molecule has 0 bridgehead atoms. The molecule has 126 valence electrons. The lowest BCUT2D eigenvalue weighted by molar-refractivity contribution is 0.102. The fourth-order valence-corrected chi connectivity index (χ4v) is 3.16. The Labute approximate surface area is 144 Å². The largest absolute Gasteiger partial charge is 0.491 e. The van der Waals surface area contributed by atoms with E-state index in [-0.39, 0.29) is 5.91 Å². The summed E-state index contributed by atoms with van der Waals surface area (Å²) in [6.07, 6.45) is 4.64. The third-order valence-corrected chi connectivity index (χ3v) is 4.81. The first-order valence-electron chi connectivity index (χ1n) is 7.91. The maximum absolute atomic E-state index is 12.5. The summed E-state index contributed by atoms with van der Waals surface area (Å²) < 4.78 is 7.57. The van der Waals surface area contributed by atoms with Crippen LogP contribution in [0.4, 0.5) is 5.69 Å². The van der Waals surface area contributed by atoms with E-state index in [9.17, 15) is 4.79 Å². The van der Waals surface area contributed by atoms with Crippen molar-refractivity contribution in [3.63, 3.8) is 0 Å². The Kier molecular flexibility index (Phi) is 4.53. The van der Waals surface area contributed by atoms with Crippen LogP contribution in [0.1, 0.15) is 39.9 Å². The third-order valence-electron chi connectivity index (χ3n) is 3.74. The molecular weight excluding hydrogens is 324 g/mol. The van der Waals surface area contributed by atoms with Crippen molar-refractivity contribution >= 4 is 28.6 Å². The number of rotatable bonds is 5. The van der Waals surface area contributed by atoms with Crippen LogP contribution in [-0.4, -0.2) is 26.9 Å². The van der Waals surface area contributed by atoms with E-state index in [1.54, 1.807) is 0 Å². The second-order valence-electron chi connectivity index (χ2n) is 5.45. The van der Waals surface area contributed by atoms with E-state index < -0.39 is 0 Å². The predicted molar refractivity (Wildman–Crippen MR) is 95.3 cm³/mol. The van der Waals surface area contributed by atoms with Crippen molar-refractivity contribution in [2.75, 3.05) is 11.9 Å². The Morgan fingerprint density at radius 3 is 2.71 bits per heavy atom. The number of amides is 1. The summed E-state index contributed by atoms with van der Waals surface area (Å²) >= 11 is 1.39. The number of nitrogens with one attached hydrogen (secondary N) is 1. The molecule has 3 aromatic heterocycles. The summed E-state index contributed by atoms with van der Waals surface area (Å²) in [6.45, 7) is 8.33. The van der Waals surface area contributed by atoms with Gasteiger partial charge in [-0.1, -0.05) is 6.92 Å². The maximum Gasteiger partial charge on any atom is 0.284 e. The van der Waals surface area contributed by atoms with Crippen LogP contribution < -0.4 is 10.1 Å². The molecule has 0 atom stereocenters. The normalized spacial score (nSPS) is 11.0. The number of nitrogens with zero attached hydrogens (tertiary/aromatic N) is 3. The van der Waals surface area contributed by atoms with Crippen LogP contribution in [0.15, 0.2) is 18.5 Å². The van der Waals surface area contributed by atoms with Crippen LogP contribution in [0.25, 0.3) is 5.65 Å². The number of aryl methyl sites for hydroxylation is 3. The average Bonchev–Trinajstić information content (AvgIpc) is 3.11. The predicted octanol–water partition coefficient (Wildman–Crippen LogP) is 3.62. The van der Waals surface area contributed by atoms with Gasteiger partial charge in [-0.15, -0.1) is 11.3 Å². The van der Waals surface area contributed by atoms with Gasteiger partial charge in [0.2, 0.25) is 0 Å². The molecule has 7 heteroatoms. The van der Waals surface area contributed by atoms with Crippen LogP contribution in [0.2, 0.25) is 0 Å². The quantitative estimate of drug-likeness (QED) is 0.767. The Morgan fingerprint density at radius 1 is 1.29 bits per heavy atom. The molecule has 3 rings (SSSR count). The molecule has 0 unspecified atom stereocenters. The van der Waals surface area contributed by atoms with Crippen LogP contribution in [0, 0.1) is 13.8 Å². The van der Waals surface area contributed by atoms with E-state index >= 15 is 0 Å². The van der Waals surface area contributed by atoms with Gasteiger partial charge in [0.15, 0.2) is 5.01 Å². The molecule has 1 N–H and O–H groups in total. The van der Waals surface area contributed by atoms with Gasteiger partial charge in [-0.2, -0.15) is 0 Å². The maximum atomic E-state index is 12.5. The molecule has 0 aromatic carbocycles. The monoisotopic (exact) mass is 344 g/mol. The summed E-state index contributed by atoms with van der Waals surface area (Å²) in [5, 5.41) is 3.36. The second kappa shape index (κ2) is 6.60. The molecule has 0 radical (unpaired) electrons. The van der Waals surface area contributed by atoms with Gasteiger partial charge >= 0.3 is 0 Å². The van der Waals surface area contributed by atoms with Crippen molar-refractivity contribution in [2.24, 2.45) is 0 Å². The fourth-order valence-electron chi connectivity index (χ4n) is 2.35. The minimum atomic E-state index is -0.229. The highest BCUT2D eigenvalue weighted by molar-refractivity contribution is 7.13. The highest BCUT2D eigenvalue weighted by Crippen LogP contribution is 2.28. The lowest BCUT2D eigenvalue weighted by atomic mass is 10.3. The molecular formula is C17H20N4O2S. The number of anilines is 1. The molecule has 24 heavy (non-hydrogen) atoms. The number of hydrogen-bond donors (Lipinski definition) is 1. The van der Waals surface area contributed by atoms with Gasteiger partial charge < -0.3 is 14.5 Å². The molecule has 0 spiro atoms. The first kappa shape index (κ1) is 16.4. The Balaban J connectivity index is 1.96. The number of hydrogen-bond acceptors (Lipinski definition) is 5. The second-order valence-corrected chi connectivity index (χ2v) is 6.65. The molecule has 0 aliphatic heterocycles. The van der Waals surface area contributed by atoms with Gasteiger partial charge in [-0.05, 0) is 27.2 Å². The number of thiazole rings is 1. The number of fused-ring (bicyclic) bond motifs is 1. The molecule has 0 aliphatic carbocycles. The number of carbonyl (C=O) groups is 1. The average molecular weight is 344 g/mol. The summed E-state index contributed by atoms with van der Waals surface area (Å²) in [6, 6.07) is 1.84. The number of ether oxygens (including phenoxy) is 1.